The molecule has 3 aliphatic heterocycles. The zero-order valence-electron chi connectivity index (χ0n) is 15.4. The quantitative estimate of drug-likeness (QED) is 0.812. The SMILES string of the molecule is O=C(COc1ccccc1)N1C[C@H]2CC[C@@H]1CN(Cc1ccc(F)cc1)C2. The highest BCUT2D eigenvalue weighted by atomic mass is 19.1. The number of carbonyl (C=O) groups is 1. The minimum Gasteiger partial charge on any atom is -0.484 e. The van der Waals surface area contributed by atoms with Gasteiger partial charge in [0.25, 0.3) is 5.91 Å². The van der Waals surface area contributed by atoms with Gasteiger partial charge >= 0.3 is 0 Å². The van der Waals surface area contributed by atoms with Crippen LogP contribution in [0.2, 0.25) is 0 Å². The molecule has 0 unspecified atom stereocenters. The molecule has 0 aromatic heterocycles. The Bertz CT molecular complexity index is 766. The fraction of sp³-hybridized carbons (Fsp3) is 0.409. The van der Waals surface area contributed by atoms with Crippen LogP contribution in [0.4, 0.5) is 4.39 Å². The Morgan fingerprint density at radius 1 is 1.00 bits per heavy atom. The summed E-state index contributed by atoms with van der Waals surface area (Å²) in [5, 5.41) is 0. The van der Waals surface area contributed by atoms with E-state index in [1.165, 1.54) is 12.1 Å². The highest BCUT2D eigenvalue weighted by Crippen LogP contribution is 2.29. The summed E-state index contributed by atoms with van der Waals surface area (Å²) in [5.74, 6) is 1.08. The van der Waals surface area contributed by atoms with E-state index >= 15 is 0 Å². The maximum atomic E-state index is 13.1. The molecule has 2 aromatic rings. The van der Waals surface area contributed by atoms with E-state index in [2.05, 4.69) is 4.90 Å². The number of halogens is 1. The van der Waals surface area contributed by atoms with Crippen molar-refractivity contribution in [1.29, 1.82) is 0 Å². The van der Waals surface area contributed by atoms with Crippen LogP contribution in [0, 0.1) is 11.7 Å². The number of hydrogen-bond donors (Lipinski definition) is 0. The minimum atomic E-state index is -0.204. The van der Waals surface area contributed by atoms with E-state index in [4.69, 9.17) is 4.74 Å². The molecule has 3 aliphatic rings. The van der Waals surface area contributed by atoms with Gasteiger partial charge in [-0.1, -0.05) is 30.3 Å². The topological polar surface area (TPSA) is 32.8 Å². The average molecular weight is 368 g/mol. The summed E-state index contributed by atoms with van der Waals surface area (Å²) in [4.78, 5) is 17.2. The number of piperidine rings is 1. The third-order valence-electron chi connectivity index (χ3n) is 5.53. The van der Waals surface area contributed by atoms with Crippen LogP contribution in [0.15, 0.2) is 54.6 Å². The lowest BCUT2D eigenvalue weighted by Gasteiger charge is -2.36. The van der Waals surface area contributed by atoms with Gasteiger partial charge < -0.3 is 9.64 Å². The van der Waals surface area contributed by atoms with Crippen molar-refractivity contribution in [3.63, 3.8) is 0 Å². The Morgan fingerprint density at radius 2 is 1.78 bits per heavy atom. The van der Waals surface area contributed by atoms with Crippen molar-refractivity contribution >= 4 is 5.91 Å². The zero-order valence-corrected chi connectivity index (χ0v) is 15.4. The molecule has 3 fully saturated rings. The van der Waals surface area contributed by atoms with E-state index in [0.29, 0.717) is 5.92 Å². The second-order valence-corrected chi connectivity index (χ2v) is 7.57. The van der Waals surface area contributed by atoms with Crippen molar-refractivity contribution in [3.8, 4) is 5.75 Å². The predicted octanol–water partition coefficient (Wildman–Crippen LogP) is 3.33. The standard InChI is InChI=1S/C22H25FN2O2/c23-19-9-6-17(7-10-19)12-24-13-18-8-11-20(15-24)25(14-18)22(26)16-27-21-4-2-1-3-5-21/h1-7,9-10,18,20H,8,11-16H2/t18-,20+/m0/s1. The summed E-state index contributed by atoms with van der Waals surface area (Å²) < 4.78 is 18.8. The molecule has 1 amide bonds. The highest BCUT2D eigenvalue weighted by molar-refractivity contribution is 5.78. The van der Waals surface area contributed by atoms with Crippen LogP contribution < -0.4 is 4.74 Å². The van der Waals surface area contributed by atoms with Crippen molar-refractivity contribution < 1.29 is 13.9 Å². The molecule has 5 heteroatoms. The van der Waals surface area contributed by atoms with Gasteiger partial charge in [-0.2, -0.15) is 0 Å². The molecule has 2 bridgehead atoms. The van der Waals surface area contributed by atoms with Crippen molar-refractivity contribution in [1.82, 2.24) is 9.80 Å². The molecule has 0 saturated carbocycles. The summed E-state index contributed by atoms with van der Waals surface area (Å²) in [6, 6.07) is 16.4. The van der Waals surface area contributed by atoms with Gasteiger partial charge in [0.05, 0.1) is 0 Å². The monoisotopic (exact) mass is 368 g/mol. The number of amides is 1. The van der Waals surface area contributed by atoms with Crippen molar-refractivity contribution in [3.05, 3.63) is 66.0 Å². The maximum Gasteiger partial charge on any atom is 0.260 e. The van der Waals surface area contributed by atoms with Crippen LogP contribution >= 0.6 is 0 Å². The van der Waals surface area contributed by atoms with Crippen LogP contribution in [-0.2, 0) is 11.3 Å². The van der Waals surface area contributed by atoms with Gasteiger partial charge in [-0.25, -0.2) is 4.39 Å². The fourth-order valence-corrected chi connectivity index (χ4v) is 4.21. The summed E-state index contributed by atoms with van der Waals surface area (Å²) in [5.41, 5.74) is 1.11. The minimum absolute atomic E-state index is 0.0668. The van der Waals surface area contributed by atoms with Gasteiger partial charge in [-0.3, -0.25) is 9.69 Å². The Hall–Kier alpha value is -2.40. The molecule has 3 saturated heterocycles. The summed E-state index contributed by atoms with van der Waals surface area (Å²) in [7, 11) is 0. The highest BCUT2D eigenvalue weighted by Gasteiger charge is 2.37. The first kappa shape index (κ1) is 18.0. The molecule has 142 valence electrons. The van der Waals surface area contributed by atoms with Crippen molar-refractivity contribution in [2.45, 2.75) is 25.4 Å². The van der Waals surface area contributed by atoms with Crippen LogP contribution in [0.25, 0.3) is 0 Å². The maximum absolute atomic E-state index is 13.1. The Kier molecular flexibility index (Phi) is 5.39. The fourth-order valence-electron chi connectivity index (χ4n) is 4.21. The molecule has 0 spiro atoms. The number of nitrogens with zero attached hydrogens (tertiary/aromatic N) is 2. The molecule has 3 heterocycles. The molecule has 27 heavy (non-hydrogen) atoms. The number of rotatable bonds is 5. The van der Waals surface area contributed by atoms with Crippen LogP contribution in [0.1, 0.15) is 18.4 Å². The summed E-state index contributed by atoms with van der Waals surface area (Å²) >= 11 is 0. The van der Waals surface area contributed by atoms with Crippen LogP contribution in [0.5, 0.6) is 5.75 Å². The lowest BCUT2D eigenvalue weighted by Crippen LogP contribution is -2.49. The second-order valence-electron chi connectivity index (χ2n) is 7.57. The number of fused-ring (bicyclic) bond motifs is 4. The number of ether oxygens (including phenoxy) is 1. The molecule has 4 nitrogen and oxygen atoms in total. The summed E-state index contributed by atoms with van der Waals surface area (Å²) in [6.07, 6.45) is 2.20. The molecule has 0 N–H and O–H groups in total. The van der Waals surface area contributed by atoms with Crippen LogP contribution in [0.3, 0.4) is 0 Å². The van der Waals surface area contributed by atoms with Gasteiger partial charge in [-0.15, -0.1) is 0 Å². The van der Waals surface area contributed by atoms with Crippen LogP contribution in [-0.4, -0.2) is 48.0 Å². The van der Waals surface area contributed by atoms with E-state index in [9.17, 15) is 9.18 Å². The Labute approximate surface area is 159 Å². The second kappa shape index (κ2) is 8.09. The van der Waals surface area contributed by atoms with E-state index in [1.807, 2.05) is 47.4 Å². The molecule has 5 rings (SSSR count). The smallest absolute Gasteiger partial charge is 0.260 e. The van der Waals surface area contributed by atoms with Gasteiger partial charge in [-0.05, 0) is 48.6 Å². The van der Waals surface area contributed by atoms with Gasteiger partial charge in [0, 0.05) is 32.2 Å². The lowest BCUT2D eigenvalue weighted by molar-refractivity contribution is -0.137. The molecule has 2 aromatic carbocycles. The number of para-hydroxylation sites is 1. The summed E-state index contributed by atoms with van der Waals surface area (Å²) in [6.45, 7) is 3.55. The lowest BCUT2D eigenvalue weighted by atomic mass is 9.95. The van der Waals surface area contributed by atoms with Crippen molar-refractivity contribution in [2.24, 2.45) is 5.92 Å². The molecule has 0 aliphatic carbocycles. The Balaban J connectivity index is 1.37. The first-order valence-corrected chi connectivity index (χ1v) is 9.61. The third-order valence-corrected chi connectivity index (χ3v) is 5.53. The molecular weight excluding hydrogens is 343 g/mol. The number of carbonyl (C=O) groups excluding carboxylic acids is 1. The van der Waals surface area contributed by atoms with E-state index in [-0.39, 0.29) is 24.4 Å². The first-order chi connectivity index (χ1) is 13.2. The number of benzene rings is 2. The predicted molar refractivity (Wildman–Crippen MR) is 102 cm³/mol. The van der Waals surface area contributed by atoms with E-state index in [0.717, 1.165) is 50.3 Å². The largest absolute Gasteiger partial charge is 0.484 e. The number of hydrogen-bond acceptors (Lipinski definition) is 3. The molecule has 0 radical (unpaired) electrons. The Morgan fingerprint density at radius 3 is 2.56 bits per heavy atom. The zero-order chi connectivity index (χ0) is 18.6. The van der Waals surface area contributed by atoms with E-state index < -0.39 is 0 Å². The molecular formula is C22H25FN2O2. The average Bonchev–Trinajstić information content (AvgIpc) is 2.99. The molecule has 2 atom stereocenters. The van der Waals surface area contributed by atoms with E-state index in [1.54, 1.807) is 0 Å². The van der Waals surface area contributed by atoms with Gasteiger partial charge in [0.2, 0.25) is 0 Å². The third kappa shape index (κ3) is 4.48. The normalized spacial score (nSPS) is 22.5. The first-order valence-electron chi connectivity index (χ1n) is 9.61. The van der Waals surface area contributed by atoms with Gasteiger partial charge in [0.15, 0.2) is 6.61 Å². The van der Waals surface area contributed by atoms with Crippen molar-refractivity contribution in [2.75, 3.05) is 26.2 Å². The van der Waals surface area contributed by atoms with Gasteiger partial charge in [0.1, 0.15) is 11.6 Å².